The molecule has 0 spiro atoms. The van der Waals surface area contributed by atoms with Gasteiger partial charge >= 0.3 is 0 Å². The molecule has 5 nitrogen and oxygen atoms in total. The van der Waals surface area contributed by atoms with Crippen LogP contribution in [0.25, 0.3) is 22.2 Å². The Bertz CT molecular complexity index is 1100. The highest BCUT2D eigenvalue weighted by Gasteiger charge is 2.25. The summed E-state index contributed by atoms with van der Waals surface area (Å²) < 4.78 is 8.75. The first-order valence-corrected chi connectivity index (χ1v) is 13.5. The summed E-state index contributed by atoms with van der Waals surface area (Å²) in [5, 5.41) is 21.0. The summed E-state index contributed by atoms with van der Waals surface area (Å²) in [5.41, 5.74) is 4.62. The Morgan fingerprint density at radius 1 is 0.857 bits per heavy atom. The highest BCUT2D eigenvalue weighted by Crippen LogP contribution is 2.38. The van der Waals surface area contributed by atoms with E-state index in [4.69, 9.17) is 4.74 Å². The van der Waals surface area contributed by atoms with Gasteiger partial charge in [0, 0.05) is 24.0 Å². The van der Waals surface area contributed by atoms with Gasteiger partial charge in [0.1, 0.15) is 11.5 Å². The maximum atomic E-state index is 10.1. The van der Waals surface area contributed by atoms with Crippen LogP contribution in [-0.4, -0.2) is 52.0 Å². The van der Waals surface area contributed by atoms with Crippen LogP contribution in [0.4, 0.5) is 0 Å². The fraction of sp³-hybridized carbons (Fsp3) is 0.533. The molecule has 5 rings (SSSR count). The zero-order valence-corrected chi connectivity index (χ0v) is 21.1. The van der Waals surface area contributed by atoms with Gasteiger partial charge in [-0.05, 0) is 118 Å². The molecule has 1 aromatic heterocycles. The SMILES string of the molecule is Cc1c(-c2ccc(O)cc2)n(CC2CCC(OCCN3CCCCCC3)CC2)c2ccc(O)cc12. The van der Waals surface area contributed by atoms with Gasteiger partial charge in [-0.2, -0.15) is 0 Å². The van der Waals surface area contributed by atoms with Gasteiger partial charge in [0.05, 0.1) is 18.4 Å². The molecule has 3 aromatic rings. The molecule has 1 saturated carbocycles. The summed E-state index contributed by atoms with van der Waals surface area (Å²) in [6, 6.07) is 13.2. The molecule has 2 aromatic carbocycles. The number of aryl methyl sites for hydroxylation is 1. The topological polar surface area (TPSA) is 57.9 Å². The number of phenols is 2. The molecule has 1 aliphatic heterocycles. The average Bonchev–Trinajstić information content (AvgIpc) is 3.01. The van der Waals surface area contributed by atoms with E-state index in [-0.39, 0.29) is 5.75 Å². The van der Waals surface area contributed by atoms with Crippen LogP contribution in [0.15, 0.2) is 42.5 Å². The van der Waals surface area contributed by atoms with Crippen LogP contribution in [0, 0.1) is 12.8 Å². The van der Waals surface area contributed by atoms with E-state index in [1.54, 1.807) is 18.2 Å². The molecule has 1 saturated heterocycles. The number of hydrogen-bond acceptors (Lipinski definition) is 4. The standard InChI is InChI=1S/C30H40N2O3/c1-22-28-20-26(34)12-15-29(28)32(30(22)24-8-10-25(33)11-9-24)21-23-6-13-27(14-7-23)35-19-18-31-16-4-2-3-5-17-31/h8-12,15,20,23,27,33-34H,2-7,13-14,16-19,21H2,1H3. The van der Waals surface area contributed by atoms with E-state index in [0.29, 0.717) is 17.8 Å². The Kier molecular flexibility index (Phi) is 7.64. The third-order valence-electron chi connectivity index (χ3n) is 8.14. The van der Waals surface area contributed by atoms with Crippen molar-refractivity contribution < 1.29 is 14.9 Å². The van der Waals surface area contributed by atoms with Crippen LogP contribution in [0.1, 0.15) is 56.9 Å². The van der Waals surface area contributed by atoms with Crippen molar-refractivity contribution in [3.63, 3.8) is 0 Å². The van der Waals surface area contributed by atoms with Crippen LogP contribution >= 0.6 is 0 Å². The molecule has 2 N–H and O–H groups in total. The third-order valence-corrected chi connectivity index (χ3v) is 8.14. The average molecular weight is 477 g/mol. The van der Waals surface area contributed by atoms with Gasteiger partial charge in [0.25, 0.3) is 0 Å². The summed E-state index contributed by atoms with van der Waals surface area (Å²) in [6.45, 7) is 7.52. The first-order valence-electron chi connectivity index (χ1n) is 13.5. The Morgan fingerprint density at radius 3 is 2.26 bits per heavy atom. The molecule has 2 fully saturated rings. The summed E-state index contributed by atoms with van der Waals surface area (Å²) in [5.74, 6) is 1.19. The minimum atomic E-state index is 0.279. The predicted molar refractivity (Wildman–Crippen MR) is 142 cm³/mol. The molecule has 0 bridgehead atoms. The van der Waals surface area contributed by atoms with E-state index in [1.165, 1.54) is 68.4 Å². The number of rotatable bonds is 7. The molecule has 188 valence electrons. The van der Waals surface area contributed by atoms with Gasteiger partial charge in [-0.25, -0.2) is 0 Å². The lowest BCUT2D eigenvalue weighted by atomic mass is 9.87. The van der Waals surface area contributed by atoms with E-state index in [2.05, 4.69) is 16.4 Å². The highest BCUT2D eigenvalue weighted by atomic mass is 16.5. The number of nitrogens with zero attached hydrogens (tertiary/aromatic N) is 2. The van der Waals surface area contributed by atoms with Crippen molar-refractivity contribution in [1.82, 2.24) is 9.47 Å². The van der Waals surface area contributed by atoms with Crippen LogP contribution in [0.5, 0.6) is 11.5 Å². The normalized spacial score (nSPS) is 21.9. The number of likely N-dealkylation sites (tertiary alicyclic amines) is 1. The van der Waals surface area contributed by atoms with Crippen LogP contribution in [0.3, 0.4) is 0 Å². The second-order valence-electron chi connectivity index (χ2n) is 10.6. The number of aromatic hydroxyl groups is 2. The fourth-order valence-electron chi connectivity index (χ4n) is 6.14. The number of hydrogen-bond donors (Lipinski definition) is 2. The van der Waals surface area contributed by atoms with Crippen LogP contribution < -0.4 is 0 Å². The molecule has 35 heavy (non-hydrogen) atoms. The van der Waals surface area contributed by atoms with Crippen LogP contribution in [0.2, 0.25) is 0 Å². The quantitative estimate of drug-likeness (QED) is 0.410. The Morgan fingerprint density at radius 2 is 1.54 bits per heavy atom. The van der Waals surface area contributed by atoms with Crippen molar-refractivity contribution >= 4 is 10.9 Å². The first kappa shape index (κ1) is 24.2. The van der Waals surface area contributed by atoms with Gasteiger partial charge in [0.2, 0.25) is 0 Å². The van der Waals surface area contributed by atoms with Gasteiger partial charge < -0.3 is 24.4 Å². The molecule has 1 aliphatic carbocycles. The molecule has 2 aliphatic rings. The Hall–Kier alpha value is -2.50. The largest absolute Gasteiger partial charge is 0.508 e. The lowest BCUT2D eigenvalue weighted by molar-refractivity contribution is 0.00628. The molecular formula is C30H40N2O3. The molecule has 0 radical (unpaired) electrons. The van der Waals surface area contributed by atoms with Crippen molar-refractivity contribution in [2.45, 2.75) is 70.9 Å². The maximum absolute atomic E-state index is 10.1. The van der Waals surface area contributed by atoms with E-state index in [0.717, 1.165) is 43.5 Å². The number of benzene rings is 2. The molecular weight excluding hydrogens is 436 g/mol. The van der Waals surface area contributed by atoms with Crippen molar-refractivity contribution in [2.24, 2.45) is 5.92 Å². The first-order chi connectivity index (χ1) is 17.1. The monoisotopic (exact) mass is 476 g/mol. The highest BCUT2D eigenvalue weighted by molar-refractivity contribution is 5.92. The van der Waals surface area contributed by atoms with Crippen molar-refractivity contribution in [3.8, 4) is 22.8 Å². The third kappa shape index (κ3) is 5.68. The van der Waals surface area contributed by atoms with Crippen molar-refractivity contribution in [1.29, 1.82) is 0 Å². The Balaban J connectivity index is 1.24. The van der Waals surface area contributed by atoms with Gasteiger partial charge in [0.15, 0.2) is 0 Å². The minimum absolute atomic E-state index is 0.279. The summed E-state index contributed by atoms with van der Waals surface area (Å²) in [4.78, 5) is 2.58. The minimum Gasteiger partial charge on any atom is -0.508 e. The summed E-state index contributed by atoms with van der Waals surface area (Å²) in [7, 11) is 0. The smallest absolute Gasteiger partial charge is 0.116 e. The molecule has 2 heterocycles. The van der Waals surface area contributed by atoms with E-state index >= 15 is 0 Å². The fourth-order valence-corrected chi connectivity index (χ4v) is 6.14. The van der Waals surface area contributed by atoms with Gasteiger partial charge in [-0.3, -0.25) is 0 Å². The lowest BCUT2D eigenvalue weighted by Gasteiger charge is -2.30. The number of ether oxygens (including phenoxy) is 1. The van der Waals surface area contributed by atoms with E-state index < -0.39 is 0 Å². The molecule has 0 unspecified atom stereocenters. The zero-order valence-electron chi connectivity index (χ0n) is 21.1. The number of phenolic OH excluding ortho intramolecular Hbond substituents is 2. The van der Waals surface area contributed by atoms with Crippen molar-refractivity contribution in [3.05, 3.63) is 48.0 Å². The number of aromatic nitrogens is 1. The second-order valence-corrected chi connectivity index (χ2v) is 10.6. The van der Waals surface area contributed by atoms with E-state index in [9.17, 15) is 10.2 Å². The summed E-state index contributed by atoms with van der Waals surface area (Å²) in [6.07, 6.45) is 10.5. The van der Waals surface area contributed by atoms with Gasteiger partial charge in [-0.1, -0.05) is 12.8 Å². The van der Waals surface area contributed by atoms with Crippen molar-refractivity contribution in [2.75, 3.05) is 26.2 Å². The zero-order chi connectivity index (χ0) is 24.2. The molecule has 0 amide bonds. The van der Waals surface area contributed by atoms with Crippen LogP contribution in [-0.2, 0) is 11.3 Å². The number of fused-ring (bicyclic) bond motifs is 1. The lowest BCUT2D eigenvalue weighted by Crippen LogP contribution is -2.31. The molecule has 0 atom stereocenters. The second kappa shape index (κ2) is 11.0. The molecule has 5 heteroatoms. The summed E-state index contributed by atoms with van der Waals surface area (Å²) >= 11 is 0. The predicted octanol–water partition coefficient (Wildman–Crippen LogP) is 6.48. The maximum Gasteiger partial charge on any atom is 0.116 e. The Labute approximate surface area is 209 Å². The van der Waals surface area contributed by atoms with Gasteiger partial charge in [-0.15, -0.1) is 0 Å². The van der Waals surface area contributed by atoms with E-state index in [1.807, 2.05) is 24.3 Å².